The number of hydrogen-bond acceptors (Lipinski definition) is 5. The first kappa shape index (κ1) is 35.1. The Kier molecular flexibility index (Phi) is 10.9. The van der Waals surface area contributed by atoms with Crippen molar-refractivity contribution >= 4 is 45.2 Å². The number of nitrogens with zero attached hydrogens (tertiary/aromatic N) is 2. The predicted molar refractivity (Wildman–Crippen MR) is 194 cm³/mol. The minimum Gasteiger partial charge on any atom is -0.481 e. The molecule has 0 unspecified atom stereocenters. The molecule has 2 atom stereocenters. The minimum absolute atomic E-state index is 0.00172. The van der Waals surface area contributed by atoms with E-state index < -0.39 is 11.9 Å². The third kappa shape index (κ3) is 6.97. The zero-order valence-corrected chi connectivity index (χ0v) is 29.6. The van der Waals surface area contributed by atoms with Crippen LogP contribution in [0.5, 0.6) is 0 Å². The summed E-state index contributed by atoms with van der Waals surface area (Å²) in [6, 6.07) is 6.20. The lowest BCUT2D eigenvalue weighted by Crippen LogP contribution is -2.18. The van der Waals surface area contributed by atoms with Gasteiger partial charge in [-0.1, -0.05) is 46.5 Å². The fourth-order valence-electron chi connectivity index (χ4n) is 7.39. The summed E-state index contributed by atoms with van der Waals surface area (Å²) >= 11 is 0. The first-order valence-electron chi connectivity index (χ1n) is 17.6. The zero-order chi connectivity index (χ0) is 34.7. The highest BCUT2D eigenvalue weighted by Gasteiger charge is 2.32. The Labute approximate surface area is 283 Å². The Morgan fingerprint density at radius 3 is 2.27 bits per heavy atom. The van der Waals surface area contributed by atoms with E-state index in [2.05, 4.69) is 56.0 Å². The maximum Gasteiger partial charge on any atom is 0.338 e. The molecule has 3 aromatic rings. The van der Waals surface area contributed by atoms with Crippen LogP contribution < -0.4 is 5.32 Å². The fourth-order valence-corrected chi connectivity index (χ4v) is 7.39. The number of carboxylic acids is 2. The highest BCUT2D eigenvalue weighted by Crippen LogP contribution is 2.42. The predicted octanol–water partition coefficient (Wildman–Crippen LogP) is 8.74. The standard InChI is InChI=1S/C39H51N5O4/c1-8-10-11-12-13-16-40-20-28-23(5)29-17-31-22(4)27(14-15-35(45)46)37(43-31)25(7)38-36(39(47)48)24(6)32(44-38)19-33-26(9-2)21(3)30(41-33)18-34(28)42-29/h17-19,22,27,40-41,44H,8-16,20H2,1-7H3,(H,45,46)(H,47,48)/t22-,27-/m0/s1. The molecule has 9 heteroatoms. The van der Waals surface area contributed by atoms with Crippen LogP contribution in [0.2, 0.25) is 0 Å². The minimum atomic E-state index is -1.02. The quantitative estimate of drug-likeness (QED) is 0.116. The molecule has 0 amide bonds. The van der Waals surface area contributed by atoms with Gasteiger partial charge in [0.15, 0.2) is 0 Å². The second kappa shape index (κ2) is 14.9. The third-order valence-electron chi connectivity index (χ3n) is 10.4. The average Bonchev–Trinajstić information content (AvgIpc) is 3.72. The lowest BCUT2D eigenvalue weighted by atomic mass is 9.85. The van der Waals surface area contributed by atoms with Crippen molar-refractivity contribution in [1.29, 1.82) is 0 Å². The van der Waals surface area contributed by atoms with E-state index in [9.17, 15) is 19.8 Å². The Morgan fingerprint density at radius 2 is 1.58 bits per heavy atom. The van der Waals surface area contributed by atoms with Crippen LogP contribution in [0.3, 0.4) is 0 Å². The molecule has 2 aliphatic rings. The number of unbranched alkanes of at least 4 members (excludes halogenated alkanes) is 4. The number of hydrogen-bond donors (Lipinski definition) is 5. The number of H-pyrrole nitrogens is 2. The van der Waals surface area contributed by atoms with Crippen LogP contribution >= 0.6 is 0 Å². The van der Waals surface area contributed by atoms with Crippen LogP contribution in [0.15, 0.2) is 18.2 Å². The molecule has 0 aliphatic carbocycles. The number of fused-ring (bicyclic) bond motifs is 8. The van der Waals surface area contributed by atoms with Gasteiger partial charge in [0.25, 0.3) is 0 Å². The number of allylic oxidation sites excluding steroid dienone is 1. The van der Waals surface area contributed by atoms with Crippen LogP contribution in [-0.2, 0) is 11.2 Å². The first-order chi connectivity index (χ1) is 23.0. The Hall–Kier alpha value is -4.24. The number of nitrogens with one attached hydrogen (secondary N) is 3. The van der Waals surface area contributed by atoms with Gasteiger partial charge in [-0.3, -0.25) is 9.78 Å². The molecule has 9 nitrogen and oxygen atoms in total. The van der Waals surface area contributed by atoms with E-state index in [0.717, 1.165) is 75.5 Å². The SMILES string of the molecule is CCCCCCCNCC1=C(C)c2cc3nc(c(C)c4[nH]c(cc5[nH]c(cc1n2)c(C)c5CC)c(C)c4C(=O)O)[C@@H](CCC(=O)O)[C@@H]3C. The Morgan fingerprint density at radius 1 is 0.854 bits per heavy atom. The van der Waals surface area contributed by atoms with Gasteiger partial charge in [0.1, 0.15) is 0 Å². The highest BCUT2D eigenvalue weighted by molar-refractivity contribution is 6.02. The molecule has 48 heavy (non-hydrogen) atoms. The third-order valence-corrected chi connectivity index (χ3v) is 10.4. The van der Waals surface area contributed by atoms with Gasteiger partial charge in [-0.25, -0.2) is 9.78 Å². The second-order valence-corrected chi connectivity index (χ2v) is 13.5. The summed E-state index contributed by atoms with van der Waals surface area (Å²) in [6.45, 7) is 16.1. The molecule has 3 aromatic heterocycles. The van der Waals surface area contributed by atoms with Crippen LogP contribution in [0.4, 0.5) is 0 Å². The van der Waals surface area contributed by atoms with Crippen molar-refractivity contribution in [1.82, 2.24) is 25.3 Å². The summed E-state index contributed by atoms with van der Waals surface area (Å²) in [5, 5.41) is 23.6. The summed E-state index contributed by atoms with van der Waals surface area (Å²) in [7, 11) is 0. The Bertz CT molecular complexity index is 1910. The van der Waals surface area contributed by atoms with Crippen molar-refractivity contribution < 1.29 is 19.8 Å². The molecule has 5 N–H and O–H groups in total. The van der Waals surface area contributed by atoms with Crippen molar-refractivity contribution in [3.05, 3.63) is 68.8 Å². The smallest absolute Gasteiger partial charge is 0.338 e. The van der Waals surface area contributed by atoms with Gasteiger partial charge in [-0.2, -0.15) is 0 Å². The summed E-state index contributed by atoms with van der Waals surface area (Å²) in [5.74, 6) is -2.14. The van der Waals surface area contributed by atoms with E-state index in [1.54, 1.807) is 0 Å². The van der Waals surface area contributed by atoms with E-state index in [-0.39, 0.29) is 23.8 Å². The molecule has 8 bridgehead atoms. The van der Waals surface area contributed by atoms with E-state index in [0.29, 0.717) is 29.6 Å². The van der Waals surface area contributed by atoms with E-state index in [1.807, 2.05) is 26.0 Å². The number of carbonyl (C=O) groups is 2. The van der Waals surface area contributed by atoms with E-state index >= 15 is 0 Å². The monoisotopic (exact) mass is 653 g/mol. The van der Waals surface area contributed by atoms with E-state index in [1.165, 1.54) is 31.2 Å². The fraction of sp³-hybridized carbons (Fsp3) is 0.487. The number of aromatic amines is 2. The molecule has 2 aliphatic heterocycles. The zero-order valence-electron chi connectivity index (χ0n) is 29.6. The summed E-state index contributed by atoms with van der Waals surface area (Å²) in [5.41, 5.74) is 12.6. The highest BCUT2D eigenvalue weighted by atomic mass is 16.4. The molecular weight excluding hydrogens is 602 g/mol. The van der Waals surface area contributed by atoms with Crippen molar-refractivity contribution in [3.8, 4) is 0 Å². The number of aromatic carboxylic acids is 1. The van der Waals surface area contributed by atoms with Crippen molar-refractivity contribution in [2.75, 3.05) is 13.1 Å². The number of aromatic nitrogens is 4. The van der Waals surface area contributed by atoms with Crippen molar-refractivity contribution in [2.24, 2.45) is 0 Å². The summed E-state index contributed by atoms with van der Waals surface area (Å²) < 4.78 is 0. The lowest BCUT2D eigenvalue weighted by molar-refractivity contribution is -0.137. The van der Waals surface area contributed by atoms with Crippen LogP contribution in [0, 0.1) is 20.8 Å². The Balaban J connectivity index is 1.78. The van der Waals surface area contributed by atoms with Gasteiger partial charge in [-0.05, 0) is 105 Å². The van der Waals surface area contributed by atoms with Crippen molar-refractivity contribution in [2.45, 2.75) is 112 Å². The van der Waals surface area contributed by atoms with E-state index in [4.69, 9.17) is 9.97 Å². The van der Waals surface area contributed by atoms with Gasteiger partial charge in [-0.15, -0.1) is 0 Å². The van der Waals surface area contributed by atoms with Crippen LogP contribution in [0.25, 0.3) is 33.2 Å². The molecule has 0 saturated heterocycles. The van der Waals surface area contributed by atoms with Gasteiger partial charge in [0.05, 0.1) is 22.5 Å². The summed E-state index contributed by atoms with van der Waals surface area (Å²) in [4.78, 5) is 41.8. The normalized spacial score (nSPS) is 16.1. The molecule has 5 rings (SSSR count). The van der Waals surface area contributed by atoms with Gasteiger partial charge >= 0.3 is 11.9 Å². The summed E-state index contributed by atoms with van der Waals surface area (Å²) in [6.07, 6.45) is 7.35. The van der Waals surface area contributed by atoms with Crippen LogP contribution in [0.1, 0.15) is 140 Å². The second-order valence-electron chi connectivity index (χ2n) is 13.5. The van der Waals surface area contributed by atoms with Gasteiger partial charge in [0.2, 0.25) is 0 Å². The molecule has 0 fully saturated rings. The van der Waals surface area contributed by atoms with Gasteiger partial charge in [0, 0.05) is 52.7 Å². The van der Waals surface area contributed by atoms with Gasteiger partial charge < -0.3 is 25.5 Å². The maximum atomic E-state index is 12.7. The maximum absolute atomic E-state index is 12.7. The molecular formula is C39H51N5O4. The van der Waals surface area contributed by atoms with Crippen molar-refractivity contribution in [3.63, 3.8) is 0 Å². The molecule has 0 saturated carbocycles. The number of aryl methyl sites for hydroxylation is 4. The molecule has 0 radical (unpaired) electrons. The number of aliphatic carboxylic acids is 1. The van der Waals surface area contributed by atoms with Crippen LogP contribution in [-0.4, -0.2) is 55.2 Å². The number of rotatable bonds is 13. The lowest BCUT2D eigenvalue weighted by Gasteiger charge is -2.16. The molecule has 0 spiro atoms. The molecule has 5 heterocycles. The average molecular weight is 654 g/mol. The topological polar surface area (TPSA) is 144 Å². The first-order valence-corrected chi connectivity index (χ1v) is 17.6. The largest absolute Gasteiger partial charge is 0.481 e. The number of carboxylic acid groups (broad SMARTS) is 2. The molecule has 0 aromatic carbocycles. The molecule has 256 valence electrons.